The number of ether oxygens (including phenoxy) is 1. The predicted molar refractivity (Wildman–Crippen MR) is 82.4 cm³/mol. The van der Waals surface area contributed by atoms with Crippen molar-refractivity contribution >= 4 is 5.84 Å². The minimum atomic E-state index is -0.334. The van der Waals surface area contributed by atoms with Gasteiger partial charge in [0.25, 0.3) is 0 Å². The molecule has 0 spiro atoms. The summed E-state index contributed by atoms with van der Waals surface area (Å²) < 4.78 is 20.4. The molecule has 0 aliphatic rings. The van der Waals surface area contributed by atoms with Crippen molar-refractivity contribution in [1.82, 2.24) is 20.2 Å². The molecule has 1 heterocycles. The first-order valence-electron chi connectivity index (χ1n) is 6.90. The smallest absolute Gasteiger partial charge is 0.170 e. The topological polar surface area (TPSA) is 111 Å². The van der Waals surface area contributed by atoms with Crippen molar-refractivity contribution in [3.05, 3.63) is 65.7 Å². The second kappa shape index (κ2) is 6.73. The van der Waals surface area contributed by atoms with Crippen molar-refractivity contribution in [3.8, 4) is 11.4 Å². The number of halogens is 1. The summed E-state index contributed by atoms with van der Waals surface area (Å²) in [5.74, 6) is 0.0705. The Morgan fingerprint density at radius 3 is 2.88 bits per heavy atom. The average molecular weight is 328 g/mol. The molecule has 0 bridgehead atoms. The van der Waals surface area contributed by atoms with Gasteiger partial charge in [-0.25, -0.2) is 4.39 Å². The largest absolute Gasteiger partial charge is 0.487 e. The van der Waals surface area contributed by atoms with Crippen molar-refractivity contribution in [2.75, 3.05) is 0 Å². The molecular formula is C15H13FN6O2. The standard InChI is InChI=1S/C15H13FN6O2/c16-12-3-1-2-10(6-12)8-24-14-5-4-11(15(17)19-23)7-13(14)22-9-18-20-21-22/h1-7,9,23H,8H2,(H2,17,19). The molecule has 9 heteroatoms. The fourth-order valence-corrected chi connectivity index (χ4v) is 2.10. The molecule has 3 N–H and O–H groups in total. The molecule has 3 rings (SSSR count). The molecule has 0 aliphatic carbocycles. The zero-order valence-electron chi connectivity index (χ0n) is 12.4. The van der Waals surface area contributed by atoms with Crippen LogP contribution in [0.1, 0.15) is 11.1 Å². The highest BCUT2D eigenvalue weighted by atomic mass is 19.1. The molecule has 0 radical (unpaired) electrons. The Balaban J connectivity index is 1.92. The van der Waals surface area contributed by atoms with E-state index >= 15 is 0 Å². The van der Waals surface area contributed by atoms with Crippen LogP contribution in [0.3, 0.4) is 0 Å². The summed E-state index contributed by atoms with van der Waals surface area (Å²) in [5, 5.41) is 22.7. The van der Waals surface area contributed by atoms with Crippen LogP contribution >= 0.6 is 0 Å². The molecule has 0 fully saturated rings. The number of amidine groups is 1. The lowest BCUT2D eigenvalue weighted by Gasteiger charge is -2.12. The van der Waals surface area contributed by atoms with E-state index in [1.54, 1.807) is 30.3 Å². The van der Waals surface area contributed by atoms with Crippen LogP contribution in [0.2, 0.25) is 0 Å². The molecule has 0 atom stereocenters. The van der Waals surface area contributed by atoms with Crippen molar-refractivity contribution in [2.45, 2.75) is 6.61 Å². The molecule has 0 saturated carbocycles. The van der Waals surface area contributed by atoms with Gasteiger partial charge in [-0.2, -0.15) is 4.68 Å². The number of nitrogens with zero attached hydrogens (tertiary/aromatic N) is 5. The van der Waals surface area contributed by atoms with Gasteiger partial charge in [0, 0.05) is 5.56 Å². The van der Waals surface area contributed by atoms with Crippen molar-refractivity contribution in [2.24, 2.45) is 10.9 Å². The van der Waals surface area contributed by atoms with E-state index in [9.17, 15) is 4.39 Å². The van der Waals surface area contributed by atoms with E-state index in [0.717, 1.165) is 0 Å². The molecule has 0 unspecified atom stereocenters. The summed E-state index contributed by atoms with van der Waals surface area (Å²) in [6, 6.07) is 11.0. The van der Waals surface area contributed by atoms with E-state index in [-0.39, 0.29) is 18.3 Å². The van der Waals surface area contributed by atoms with Crippen molar-refractivity contribution < 1.29 is 14.3 Å². The monoisotopic (exact) mass is 328 g/mol. The number of hydrogen-bond donors (Lipinski definition) is 2. The Labute approximate surface area is 136 Å². The van der Waals surface area contributed by atoms with Gasteiger partial charge in [-0.05, 0) is 46.3 Å². The Morgan fingerprint density at radius 1 is 1.29 bits per heavy atom. The molecule has 0 aliphatic heterocycles. The van der Waals surface area contributed by atoms with Gasteiger partial charge in [0.1, 0.15) is 30.2 Å². The molecule has 24 heavy (non-hydrogen) atoms. The molecule has 0 saturated heterocycles. The van der Waals surface area contributed by atoms with Crippen LogP contribution in [-0.4, -0.2) is 31.3 Å². The lowest BCUT2D eigenvalue weighted by Crippen LogP contribution is -2.14. The van der Waals surface area contributed by atoms with E-state index in [4.69, 9.17) is 15.7 Å². The maximum Gasteiger partial charge on any atom is 0.170 e. The van der Waals surface area contributed by atoms with Crippen molar-refractivity contribution in [1.29, 1.82) is 0 Å². The van der Waals surface area contributed by atoms with Crippen molar-refractivity contribution in [3.63, 3.8) is 0 Å². The predicted octanol–water partition coefficient (Wildman–Crippen LogP) is 1.47. The maximum absolute atomic E-state index is 13.2. The highest BCUT2D eigenvalue weighted by molar-refractivity contribution is 5.97. The van der Waals surface area contributed by atoms with Gasteiger partial charge in [0.05, 0.1) is 0 Å². The van der Waals surface area contributed by atoms with Crippen LogP contribution < -0.4 is 10.5 Å². The first-order chi connectivity index (χ1) is 11.7. The second-order valence-electron chi connectivity index (χ2n) is 4.84. The van der Waals surface area contributed by atoms with Gasteiger partial charge in [-0.3, -0.25) is 0 Å². The van der Waals surface area contributed by atoms with Gasteiger partial charge in [0.2, 0.25) is 0 Å². The van der Waals surface area contributed by atoms with Gasteiger partial charge >= 0.3 is 0 Å². The zero-order chi connectivity index (χ0) is 16.9. The minimum absolute atomic E-state index is 0.0546. The van der Waals surface area contributed by atoms with Crippen LogP contribution in [0, 0.1) is 5.82 Å². The van der Waals surface area contributed by atoms with Crippen LogP contribution in [0.15, 0.2) is 53.9 Å². The maximum atomic E-state index is 13.2. The number of aromatic nitrogens is 4. The van der Waals surface area contributed by atoms with E-state index in [1.807, 2.05) is 0 Å². The molecule has 2 aromatic carbocycles. The molecular weight excluding hydrogens is 315 g/mol. The molecule has 1 aromatic heterocycles. The zero-order valence-corrected chi connectivity index (χ0v) is 12.4. The Bertz CT molecular complexity index is 866. The molecule has 8 nitrogen and oxygen atoms in total. The Kier molecular flexibility index (Phi) is 4.32. The van der Waals surface area contributed by atoms with Crippen LogP contribution in [0.4, 0.5) is 4.39 Å². The third kappa shape index (κ3) is 3.29. The van der Waals surface area contributed by atoms with Gasteiger partial charge in [-0.1, -0.05) is 17.3 Å². The normalized spacial score (nSPS) is 11.5. The molecule has 122 valence electrons. The third-order valence-electron chi connectivity index (χ3n) is 3.24. The summed E-state index contributed by atoms with van der Waals surface area (Å²) in [4.78, 5) is 0. The highest BCUT2D eigenvalue weighted by Gasteiger charge is 2.11. The first kappa shape index (κ1) is 15.4. The number of rotatable bonds is 5. The highest BCUT2D eigenvalue weighted by Crippen LogP contribution is 2.24. The fraction of sp³-hybridized carbons (Fsp3) is 0.0667. The quantitative estimate of drug-likeness (QED) is 0.317. The van der Waals surface area contributed by atoms with Crippen LogP contribution in [-0.2, 0) is 6.61 Å². The number of hydrogen-bond acceptors (Lipinski definition) is 6. The Hall–Kier alpha value is -3.49. The number of nitrogens with two attached hydrogens (primary N) is 1. The van der Waals surface area contributed by atoms with Crippen LogP contribution in [0.5, 0.6) is 5.75 Å². The number of oxime groups is 1. The van der Waals surface area contributed by atoms with Gasteiger partial charge < -0.3 is 15.7 Å². The minimum Gasteiger partial charge on any atom is -0.487 e. The lowest BCUT2D eigenvalue weighted by molar-refractivity contribution is 0.304. The van der Waals surface area contributed by atoms with E-state index in [0.29, 0.717) is 22.6 Å². The van der Waals surface area contributed by atoms with Gasteiger partial charge in [0.15, 0.2) is 5.84 Å². The lowest BCUT2D eigenvalue weighted by atomic mass is 10.1. The fourth-order valence-electron chi connectivity index (χ4n) is 2.10. The van der Waals surface area contributed by atoms with Gasteiger partial charge in [-0.15, -0.1) is 5.10 Å². The summed E-state index contributed by atoms with van der Waals surface area (Å²) in [7, 11) is 0. The number of benzene rings is 2. The first-order valence-corrected chi connectivity index (χ1v) is 6.90. The summed E-state index contributed by atoms with van der Waals surface area (Å²) >= 11 is 0. The third-order valence-corrected chi connectivity index (χ3v) is 3.24. The van der Waals surface area contributed by atoms with E-state index < -0.39 is 0 Å². The summed E-state index contributed by atoms with van der Waals surface area (Å²) in [6.45, 7) is 0.163. The second-order valence-corrected chi connectivity index (χ2v) is 4.84. The number of tetrazole rings is 1. The summed E-state index contributed by atoms with van der Waals surface area (Å²) in [5.41, 5.74) is 7.26. The van der Waals surface area contributed by atoms with E-state index in [2.05, 4.69) is 20.7 Å². The molecule has 3 aromatic rings. The van der Waals surface area contributed by atoms with E-state index in [1.165, 1.54) is 23.1 Å². The van der Waals surface area contributed by atoms with Crippen LogP contribution in [0.25, 0.3) is 5.69 Å². The molecule has 0 amide bonds. The summed E-state index contributed by atoms with van der Waals surface area (Å²) in [6.07, 6.45) is 1.39. The Morgan fingerprint density at radius 2 is 2.17 bits per heavy atom. The SMILES string of the molecule is NC(=NO)c1ccc(OCc2cccc(F)c2)c(-n2cnnn2)c1. The average Bonchev–Trinajstić information content (AvgIpc) is 3.13.